The summed E-state index contributed by atoms with van der Waals surface area (Å²) in [5, 5.41) is 11.8. The second kappa shape index (κ2) is 9.44. The Labute approximate surface area is 201 Å². The van der Waals surface area contributed by atoms with Crippen LogP contribution >= 0.6 is 0 Å². The third-order valence-corrected chi connectivity index (χ3v) is 6.68. The van der Waals surface area contributed by atoms with Crippen LogP contribution in [0.4, 0.5) is 10.1 Å². The predicted molar refractivity (Wildman–Crippen MR) is 121 cm³/mol. The van der Waals surface area contributed by atoms with Crippen LogP contribution in [0.2, 0.25) is 0 Å². The SMILES string of the molecule is CCOC(=O)C1(C(=O)OCC)c2c(F)ccc([N+](=O)[O-])c2C[C@@H]2CN(Cc3ccccc3)C(=O)[C@H]21. The van der Waals surface area contributed by atoms with Crippen LogP contribution in [0.15, 0.2) is 42.5 Å². The van der Waals surface area contributed by atoms with Crippen molar-refractivity contribution in [2.24, 2.45) is 11.8 Å². The molecule has 0 spiro atoms. The van der Waals surface area contributed by atoms with Crippen LogP contribution in [-0.4, -0.2) is 47.4 Å². The molecule has 2 atom stereocenters. The van der Waals surface area contributed by atoms with E-state index in [0.717, 1.165) is 17.7 Å². The molecule has 1 aliphatic carbocycles. The molecule has 35 heavy (non-hydrogen) atoms. The number of fused-ring (bicyclic) bond motifs is 2. The van der Waals surface area contributed by atoms with Crippen molar-refractivity contribution in [2.75, 3.05) is 19.8 Å². The van der Waals surface area contributed by atoms with E-state index in [1.54, 1.807) is 0 Å². The number of carbonyl (C=O) groups is 3. The van der Waals surface area contributed by atoms with Crippen molar-refractivity contribution in [1.29, 1.82) is 0 Å². The lowest BCUT2D eigenvalue weighted by Gasteiger charge is -2.40. The molecule has 0 unspecified atom stereocenters. The third-order valence-electron chi connectivity index (χ3n) is 6.68. The van der Waals surface area contributed by atoms with E-state index in [1.807, 2.05) is 30.3 Å². The molecule has 2 aromatic carbocycles. The number of nitro groups is 1. The lowest BCUT2D eigenvalue weighted by Crippen LogP contribution is -2.58. The fourth-order valence-corrected chi connectivity index (χ4v) is 5.41. The Morgan fingerprint density at radius 3 is 2.31 bits per heavy atom. The molecule has 1 fully saturated rings. The monoisotopic (exact) mass is 484 g/mol. The van der Waals surface area contributed by atoms with Gasteiger partial charge < -0.3 is 14.4 Å². The Morgan fingerprint density at radius 1 is 1.11 bits per heavy atom. The summed E-state index contributed by atoms with van der Waals surface area (Å²) in [6.45, 7) is 3.07. The van der Waals surface area contributed by atoms with Crippen molar-refractivity contribution < 1.29 is 33.2 Å². The molecule has 0 aromatic heterocycles. The highest BCUT2D eigenvalue weighted by Gasteiger charge is 2.68. The molecule has 0 bridgehead atoms. The largest absolute Gasteiger partial charge is 0.465 e. The molecule has 1 aliphatic heterocycles. The van der Waals surface area contributed by atoms with E-state index in [2.05, 4.69) is 0 Å². The maximum Gasteiger partial charge on any atom is 0.329 e. The van der Waals surface area contributed by atoms with Gasteiger partial charge in [-0.2, -0.15) is 0 Å². The van der Waals surface area contributed by atoms with Gasteiger partial charge in [0.2, 0.25) is 11.3 Å². The molecule has 1 saturated heterocycles. The average Bonchev–Trinajstić information content (AvgIpc) is 3.13. The van der Waals surface area contributed by atoms with Gasteiger partial charge in [-0.1, -0.05) is 30.3 Å². The van der Waals surface area contributed by atoms with Gasteiger partial charge in [0.25, 0.3) is 5.69 Å². The number of nitrogens with zero attached hydrogens (tertiary/aromatic N) is 2. The van der Waals surface area contributed by atoms with Crippen LogP contribution < -0.4 is 0 Å². The lowest BCUT2D eigenvalue weighted by molar-refractivity contribution is -0.385. The van der Waals surface area contributed by atoms with Crippen molar-refractivity contribution in [2.45, 2.75) is 32.2 Å². The van der Waals surface area contributed by atoms with E-state index in [0.29, 0.717) is 0 Å². The number of likely N-dealkylation sites (tertiary alicyclic amines) is 1. The van der Waals surface area contributed by atoms with E-state index in [1.165, 1.54) is 18.7 Å². The molecule has 4 rings (SSSR count). The lowest BCUT2D eigenvalue weighted by atomic mass is 9.59. The predicted octanol–water partition coefficient (Wildman–Crippen LogP) is 2.93. The third kappa shape index (κ3) is 3.82. The second-order valence-electron chi connectivity index (χ2n) is 8.57. The van der Waals surface area contributed by atoms with Crippen molar-refractivity contribution in [3.05, 3.63) is 75.1 Å². The molecule has 1 amide bonds. The molecule has 10 heteroatoms. The van der Waals surface area contributed by atoms with Gasteiger partial charge in [-0.05, 0) is 37.8 Å². The van der Waals surface area contributed by atoms with Gasteiger partial charge in [-0.25, -0.2) is 4.39 Å². The van der Waals surface area contributed by atoms with Crippen LogP contribution in [-0.2, 0) is 42.2 Å². The minimum atomic E-state index is -2.50. The highest BCUT2D eigenvalue weighted by Crippen LogP contribution is 2.53. The van der Waals surface area contributed by atoms with Gasteiger partial charge in [-0.3, -0.25) is 24.5 Å². The fraction of sp³-hybridized carbons (Fsp3) is 0.400. The number of nitro benzene ring substituents is 1. The summed E-state index contributed by atoms with van der Waals surface area (Å²) in [7, 11) is 0. The first-order chi connectivity index (χ1) is 16.8. The number of amides is 1. The van der Waals surface area contributed by atoms with Crippen molar-refractivity contribution >= 4 is 23.5 Å². The highest BCUT2D eigenvalue weighted by atomic mass is 19.1. The van der Waals surface area contributed by atoms with E-state index >= 15 is 4.39 Å². The Bertz CT molecular complexity index is 1170. The first-order valence-electron chi connectivity index (χ1n) is 11.4. The quantitative estimate of drug-likeness (QED) is 0.257. The molecule has 2 aliphatic rings. The Morgan fingerprint density at radius 2 is 1.74 bits per heavy atom. The molecule has 9 nitrogen and oxygen atoms in total. The standard InChI is InChI=1S/C25H25FN2O7/c1-3-34-23(30)25(24(31)35-4-2)20-16(12-17-19(28(32)33)11-10-18(26)21(17)25)14-27(22(20)29)13-15-8-6-5-7-9-15/h5-11,16,20H,3-4,12-14H2,1-2H3/t16-,20+/m1/s1. The van der Waals surface area contributed by atoms with Gasteiger partial charge >= 0.3 is 11.9 Å². The van der Waals surface area contributed by atoms with Gasteiger partial charge in [0.15, 0.2) is 0 Å². The smallest absolute Gasteiger partial charge is 0.329 e. The number of ether oxygens (including phenoxy) is 2. The first-order valence-corrected chi connectivity index (χ1v) is 11.4. The summed E-state index contributed by atoms with van der Waals surface area (Å²) in [4.78, 5) is 53.5. The summed E-state index contributed by atoms with van der Waals surface area (Å²) in [5.74, 6) is -5.83. The van der Waals surface area contributed by atoms with Crippen LogP contribution in [0.1, 0.15) is 30.5 Å². The van der Waals surface area contributed by atoms with Gasteiger partial charge in [0.1, 0.15) is 5.82 Å². The topological polar surface area (TPSA) is 116 Å². The summed E-state index contributed by atoms with van der Waals surface area (Å²) in [5.41, 5.74) is -2.69. The van der Waals surface area contributed by atoms with Gasteiger partial charge in [0, 0.05) is 30.3 Å². The zero-order valence-electron chi connectivity index (χ0n) is 19.4. The average molecular weight is 484 g/mol. The van der Waals surface area contributed by atoms with Gasteiger partial charge in [-0.15, -0.1) is 0 Å². The van der Waals surface area contributed by atoms with Crippen LogP contribution in [0.3, 0.4) is 0 Å². The summed E-state index contributed by atoms with van der Waals surface area (Å²) < 4.78 is 25.9. The number of halogens is 1. The zero-order chi connectivity index (χ0) is 25.3. The number of carbonyl (C=O) groups excluding carboxylic acids is 3. The minimum absolute atomic E-state index is 0.0499. The van der Waals surface area contributed by atoms with Crippen LogP contribution in [0, 0.1) is 27.8 Å². The Hall–Kier alpha value is -3.82. The van der Waals surface area contributed by atoms with Gasteiger partial charge in [0.05, 0.1) is 24.1 Å². The van der Waals surface area contributed by atoms with Crippen LogP contribution in [0.5, 0.6) is 0 Å². The van der Waals surface area contributed by atoms with Crippen molar-refractivity contribution in [1.82, 2.24) is 4.90 Å². The van der Waals surface area contributed by atoms with Crippen molar-refractivity contribution in [3.8, 4) is 0 Å². The number of esters is 2. The Kier molecular flexibility index (Phi) is 6.56. The molecule has 0 N–H and O–H groups in total. The van der Waals surface area contributed by atoms with E-state index in [-0.39, 0.29) is 38.3 Å². The molecule has 0 radical (unpaired) electrons. The molecule has 0 saturated carbocycles. The molecule has 184 valence electrons. The van der Waals surface area contributed by atoms with E-state index in [4.69, 9.17) is 9.47 Å². The highest BCUT2D eigenvalue weighted by molar-refractivity contribution is 6.12. The maximum absolute atomic E-state index is 15.5. The first kappa shape index (κ1) is 24.3. The number of hydrogen-bond donors (Lipinski definition) is 0. The summed E-state index contributed by atoms with van der Waals surface area (Å²) in [6.07, 6.45) is -0.0499. The van der Waals surface area contributed by atoms with Crippen LogP contribution in [0.25, 0.3) is 0 Å². The normalized spacial score (nSPS) is 20.1. The second-order valence-corrected chi connectivity index (χ2v) is 8.57. The minimum Gasteiger partial charge on any atom is -0.465 e. The summed E-state index contributed by atoms with van der Waals surface area (Å²) >= 11 is 0. The number of hydrogen-bond acceptors (Lipinski definition) is 7. The number of benzene rings is 2. The zero-order valence-corrected chi connectivity index (χ0v) is 19.4. The summed E-state index contributed by atoms with van der Waals surface area (Å²) in [6, 6.07) is 11.0. The Balaban J connectivity index is 1.95. The van der Waals surface area contributed by atoms with E-state index < -0.39 is 57.1 Å². The van der Waals surface area contributed by atoms with E-state index in [9.17, 15) is 24.5 Å². The fourth-order valence-electron chi connectivity index (χ4n) is 5.41. The number of rotatable bonds is 7. The molecule has 1 heterocycles. The molecular weight excluding hydrogens is 459 g/mol. The molecular formula is C25H25FN2O7. The molecule has 2 aromatic rings. The maximum atomic E-state index is 15.5. The van der Waals surface area contributed by atoms with Crippen molar-refractivity contribution in [3.63, 3.8) is 0 Å².